The Morgan fingerprint density at radius 2 is 2.00 bits per heavy atom. The van der Waals surface area contributed by atoms with Gasteiger partial charge in [-0.3, -0.25) is 9.69 Å². The highest BCUT2D eigenvalue weighted by molar-refractivity contribution is 5.81. The number of amides is 1. The van der Waals surface area contributed by atoms with Crippen LogP contribution in [-0.2, 0) is 9.53 Å². The van der Waals surface area contributed by atoms with E-state index in [1.54, 1.807) is 0 Å². The lowest BCUT2D eigenvalue weighted by molar-refractivity contribution is -0.130. The number of nitrogens with one attached hydrogen (secondary N) is 1. The molecule has 2 rings (SSSR count). The van der Waals surface area contributed by atoms with Gasteiger partial charge in [0, 0.05) is 25.2 Å². The van der Waals surface area contributed by atoms with E-state index in [1.807, 2.05) is 0 Å². The van der Waals surface area contributed by atoms with Crippen molar-refractivity contribution in [2.75, 3.05) is 26.2 Å². The van der Waals surface area contributed by atoms with Crippen LogP contribution < -0.4 is 11.1 Å². The molecule has 1 saturated heterocycles. The van der Waals surface area contributed by atoms with Crippen LogP contribution in [0.1, 0.15) is 65.7 Å². The Bertz CT molecular complexity index is 392. The largest absolute Gasteiger partial charge is 0.373 e. The van der Waals surface area contributed by atoms with Crippen molar-refractivity contribution >= 4 is 5.91 Å². The molecule has 2 fully saturated rings. The fourth-order valence-electron chi connectivity index (χ4n) is 4.06. The first-order valence-corrected chi connectivity index (χ1v) is 9.31. The molecule has 3 N–H and O–H groups in total. The maximum Gasteiger partial charge on any atom is 0.236 e. The number of nitrogens with zero attached hydrogens (tertiary/aromatic N) is 1. The lowest BCUT2D eigenvalue weighted by Crippen LogP contribution is -2.63. The molecule has 0 bridgehead atoms. The molecule has 0 radical (unpaired) electrons. The number of nitrogens with two attached hydrogens (primary N) is 1. The fraction of sp³-hybridized carbons (Fsp3) is 0.944. The van der Waals surface area contributed by atoms with Crippen LogP contribution in [0.15, 0.2) is 0 Å². The van der Waals surface area contributed by atoms with E-state index in [4.69, 9.17) is 10.5 Å². The summed E-state index contributed by atoms with van der Waals surface area (Å²) >= 11 is 0. The summed E-state index contributed by atoms with van der Waals surface area (Å²) in [6.07, 6.45) is 7.81. The van der Waals surface area contributed by atoms with E-state index in [0.29, 0.717) is 0 Å². The van der Waals surface area contributed by atoms with Crippen LogP contribution in [0.3, 0.4) is 0 Å². The smallest absolute Gasteiger partial charge is 0.236 e. The second kappa shape index (κ2) is 7.95. The molecule has 0 aromatic rings. The van der Waals surface area contributed by atoms with Gasteiger partial charge >= 0.3 is 0 Å². The minimum atomic E-state index is -0.373. The van der Waals surface area contributed by atoms with Gasteiger partial charge in [0.15, 0.2) is 0 Å². The molecule has 1 amide bonds. The predicted molar refractivity (Wildman–Crippen MR) is 93.3 cm³/mol. The van der Waals surface area contributed by atoms with E-state index in [0.717, 1.165) is 51.9 Å². The molecule has 0 aromatic heterocycles. The first-order valence-electron chi connectivity index (χ1n) is 9.31. The Labute approximate surface area is 141 Å². The first-order chi connectivity index (χ1) is 10.9. The van der Waals surface area contributed by atoms with Crippen molar-refractivity contribution in [2.45, 2.75) is 82.9 Å². The first kappa shape index (κ1) is 18.7. The maximum atomic E-state index is 12.2. The van der Waals surface area contributed by atoms with Gasteiger partial charge in [0.25, 0.3) is 0 Å². The average Bonchev–Trinajstić information content (AvgIpc) is 2.53. The summed E-state index contributed by atoms with van der Waals surface area (Å²) in [5, 5.41) is 3.16. The molecule has 2 aliphatic rings. The van der Waals surface area contributed by atoms with Crippen LogP contribution in [0.4, 0.5) is 0 Å². The van der Waals surface area contributed by atoms with Crippen molar-refractivity contribution in [1.82, 2.24) is 10.2 Å². The number of ether oxygens (including phenoxy) is 1. The minimum Gasteiger partial charge on any atom is -0.373 e. The van der Waals surface area contributed by atoms with Gasteiger partial charge in [0.05, 0.1) is 18.2 Å². The molecular weight excluding hydrogens is 290 g/mol. The number of carbonyl (C=O) groups excluding carboxylic acids is 1. The molecule has 0 spiro atoms. The zero-order valence-electron chi connectivity index (χ0n) is 15.2. The Morgan fingerprint density at radius 3 is 2.61 bits per heavy atom. The molecule has 0 aromatic carbocycles. The van der Waals surface area contributed by atoms with Crippen LogP contribution in [0.5, 0.6) is 0 Å². The van der Waals surface area contributed by atoms with Gasteiger partial charge in [-0.2, -0.15) is 0 Å². The summed E-state index contributed by atoms with van der Waals surface area (Å²) in [7, 11) is 0. The third kappa shape index (κ3) is 4.91. The summed E-state index contributed by atoms with van der Waals surface area (Å²) in [5.74, 6) is 0.00400. The van der Waals surface area contributed by atoms with Gasteiger partial charge < -0.3 is 15.8 Å². The van der Waals surface area contributed by atoms with Gasteiger partial charge in [0.1, 0.15) is 0 Å². The lowest BCUT2D eigenvalue weighted by atomic mass is 9.79. The molecule has 1 aliphatic heterocycles. The Morgan fingerprint density at radius 1 is 1.30 bits per heavy atom. The van der Waals surface area contributed by atoms with Crippen LogP contribution in [0, 0.1) is 0 Å². The van der Waals surface area contributed by atoms with E-state index in [-0.39, 0.29) is 23.1 Å². The molecule has 5 heteroatoms. The van der Waals surface area contributed by atoms with Crippen molar-refractivity contribution in [1.29, 1.82) is 0 Å². The van der Waals surface area contributed by atoms with Crippen LogP contribution in [0.25, 0.3) is 0 Å². The summed E-state index contributed by atoms with van der Waals surface area (Å²) in [6.45, 7) is 9.77. The number of rotatable bonds is 6. The van der Waals surface area contributed by atoms with Gasteiger partial charge in [-0.25, -0.2) is 0 Å². The van der Waals surface area contributed by atoms with Gasteiger partial charge in [-0.05, 0) is 33.1 Å². The van der Waals surface area contributed by atoms with Crippen molar-refractivity contribution < 1.29 is 9.53 Å². The summed E-state index contributed by atoms with van der Waals surface area (Å²) in [5.41, 5.74) is 5.94. The van der Waals surface area contributed by atoms with Crippen molar-refractivity contribution in [3.8, 4) is 0 Å². The summed E-state index contributed by atoms with van der Waals surface area (Å²) < 4.78 is 5.88. The number of hydrogen-bond donors (Lipinski definition) is 2. The zero-order chi connectivity index (χ0) is 16.9. The molecule has 1 heterocycles. The van der Waals surface area contributed by atoms with E-state index in [9.17, 15) is 4.79 Å². The standard InChI is InChI=1S/C18H35N3O2/c1-4-8-15(19)16(22)20-13-18(9-6-5-7-10-18)21-11-12-23-17(2,3)14-21/h15H,4-14,19H2,1-3H3,(H,20,22). The van der Waals surface area contributed by atoms with Gasteiger partial charge in [0.2, 0.25) is 5.91 Å². The second-order valence-electron chi connectivity index (χ2n) is 7.93. The normalized spacial score (nSPS) is 25.7. The van der Waals surface area contributed by atoms with Crippen LogP contribution >= 0.6 is 0 Å². The van der Waals surface area contributed by atoms with Crippen molar-refractivity contribution in [3.05, 3.63) is 0 Å². The van der Waals surface area contributed by atoms with Gasteiger partial charge in [-0.15, -0.1) is 0 Å². The Balaban J connectivity index is 2.02. The SMILES string of the molecule is CCCC(N)C(=O)NCC1(N2CCOC(C)(C)C2)CCCCC1. The fourth-order valence-corrected chi connectivity index (χ4v) is 4.06. The van der Waals surface area contributed by atoms with Crippen LogP contribution in [0.2, 0.25) is 0 Å². The number of hydrogen-bond acceptors (Lipinski definition) is 4. The highest BCUT2D eigenvalue weighted by atomic mass is 16.5. The van der Waals surface area contributed by atoms with E-state index in [2.05, 4.69) is 31.0 Å². The molecule has 1 unspecified atom stereocenters. The quantitative estimate of drug-likeness (QED) is 0.784. The number of morpholine rings is 1. The third-order valence-corrected chi connectivity index (χ3v) is 5.41. The van der Waals surface area contributed by atoms with Crippen LogP contribution in [-0.4, -0.2) is 54.2 Å². The van der Waals surface area contributed by atoms with Crippen molar-refractivity contribution in [2.24, 2.45) is 5.73 Å². The second-order valence-corrected chi connectivity index (χ2v) is 7.93. The van der Waals surface area contributed by atoms with E-state index < -0.39 is 0 Å². The molecule has 1 atom stereocenters. The zero-order valence-corrected chi connectivity index (χ0v) is 15.2. The molecule has 1 aliphatic carbocycles. The molecule has 1 saturated carbocycles. The average molecular weight is 325 g/mol. The molecular formula is C18H35N3O2. The lowest BCUT2D eigenvalue weighted by Gasteiger charge is -2.51. The molecule has 23 heavy (non-hydrogen) atoms. The summed E-state index contributed by atoms with van der Waals surface area (Å²) in [4.78, 5) is 14.8. The third-order valence-electron chi connectivity index (χ3n) is 5.41. The minimum absolute atomic E-state index is 0.00400. The topological polar surface area (TPSA) is 67.6 Å². The monoisotopic (exact) mass is 325 g/mol. The number of carbonyl (C=O) groups is 1. The Kier molecular flexibility index (Phi) is 6.46. The molecule has 134 valence electrons. The molecule has 5 nitrogen and oxygen atoms in total. The van der Waals surface area contributed by atoms with Crippen molar-refractivity contribution in [3.63, 3.8) is 0 Å². The predicted octanol–water partition coefficient (Wildman–Crippen LogP) is 2.04. The van der Waals surface area contributed by atoms with Gasteiger partial charge in [-0.1, -0.05) is 32.6 Å². The maximum absolute atomic E-state index is 12.2. The highest BCUT2D eigenvalue weighted by Crippen LogP contribution is 2.36. The highest BCUT2D eigenvalue weighted by Gasteiger charge is 2.42. The van der Waals surface area contributed by atoms with E-state index in [1.165, 1.54) is 19.3 Å². The Hall–Kier alpha value is -0.650. The summed E-state index contributed by atoms with van der Waals surface area (Å²) in [6, 6.07) is -0.373. The van der Waals surface area contributed by atoms with E-state index >= 15 is 0 Å².